The van der Waals surface area contributed by atoms with E-state index in [1.807, 2.05) is 0 Å². The van der Waals surface area contributed by atoms with Crippen LogP contribution in [0.5, 0.6) is 0 Å². The number of carbonyl (C=O) groups excluding carboxylic acids is 7. The Balaban J connectivity index is 7.07. The zero-order chi connectivity index (χ0) is 56.9. The number of aliphatic imine (C=N–C) groups is 6. The average molecular weight is 1070 g/mol. The molecule has 0 saturated carbocycles. The minimum absolute atomic E-state index is 0.0000702. The van der Waals surface area contributed by atoms with Gasteiger partial charge in [-0.2, -0.15) is 0 Å². The van der Waals surface area contributed by atoms with E-state index >= 15 is 0 Å². The van der Waals surface area contributed by atoms with Crippen LogP contribution in [0.15, 0.2) is 30.0 Å². The Morgan fingerprint density at radius 1 is 0.347 bits per heavy atom. The van der Waals surface area contributed by atoms with Crippen molar-refractivity contribution >= 4 is 77.0 Å². The second-order valence-corrected chi connectivity index (χ2v) is 17.5. The SMILES string of the molecule is CNC(CCCN=C(N)N)C(=O)NC(CCCN=C(N)N)C(=O)NC(CCCN=C(N)N)C(=O)NC(CCCN=C(N)N)C(=O)NC(CCCN=C(N)N)C(=O)NC(CCCN=C(N)N)C(=O)NCCC(=O)C(C)C. The van der Waals surface area contributed by atoms with Crippen molar-refractivity contribution in [1.29, 1.82) is 0 Å². The van der Waals surface area contributed by atoms with E-state index in [0.29, 0.717) is 12.8 Å². The molecular weight excluding hydrogens is 979 g/mol. The molecule has 0 aromatic rings. The predicted octanol–water partition coefficient (Wildman–Crippen LogP) is -7.95. The lowest BCUT2D eigenvalue weighted by molar-refractivity contribution is -0.135. The van der Waals surface area contributed by atoms with E-state index in [2.05, 4.69) is 67.2 Å². The molecule has 426 valence electrons. The van der Waals surface area contributed by atoms with Crippen LogP contribution in [0.3, 0.4) is 0 Å². The minimum atomic E-state index is -1.39. The van der Waals surface area contributed by atoms with Crippen LogP contribution in [0, 0.1) is 5.92 Å². The van der Waals surface area contributed by atoms with Gasteiger partial charge in [-0.15, -0.1) is 0 Å². The summed E-state index contributed by atoms with van der Waals surface area (Å²) in [5.74, 6) is -5.83. The van der Waals surface area contributed by atoms with Gasteiger partial charge < -0.3 is 106 Å². The quantitative estimate of drug-likeness (QED) is 0.0154. The summed E-state index contributed by atoms with van der Waals surface area (Å²) in [5.41, 5.74) is 66.0. The van der Waals surface area contributed by atoms with Gasteiger partial charge in [-0.3, -0.25) is 63.5 Å². The van der Waals surface area contributed by atoms with Gasteiger partial charge >= 0.3 is 0 Å². The maximum absolute atomic E-state index is 14.4. The molecule has 31 N–H and O–H groups in total. The van der Waals surface area contributed by atoms with Crippen LogP contribution < -0.4 is 106 Å². The third-order valence-corrected chi connectivity index (χ3v) is 10.8. The smallest absolute Gasteiger partial charge is 0.243 e. The Morgan fingerprint density at radius 2 is 0.560 bits per heavy atom. The van der Waals surface area contributed by atoms with Crippen LogP contribution in [-0.4, -0.2) is 166 Å². The number of guanidine groups is 6. The fourth-order valence-corrected chi connectivity index (χ4v) is 6.85. The standard InChI is InChI=1S/C43H87N25O7/c1-24(2)31(69)16-23-57-32(70)26(11-5-18-59-39(46)47)64-34(72)28(13-7-20-61-41(50)51)66-36(74)30(15-9-22-63-43(54)55)68-37(75)29(14-8-21-62-42(52)53)67-35(73)27(12-6-19-60-40(48)49)65-33(71)25(56-3)10-4-17-58-38(44)45/h24-30,56H,4-23H2,1-3H3,(H,57,70)(H,64,72)(H,65,71)(H,66,74)(H,67,73)(H,68,75)(H4,44,45,58)(H4,46,47,59)(H4,48,49,60)(H4,50,51,61)(H4,52,53,62)(H4,54,55,63). The second-order valence-electron chi connectivity index (χ2n) is 17.5. The number of amides is 6. The van der Waals surface area contributed by atoms with Crippen LogP contribution in [0.1, 0.15) is 97.3 Å². The zero-order valence-electron chi connectivity index (χ0n) is 43.7. The highest BCUT2D eigenvalue weighted by molar-refractivity contribution is 5.97. The molecule has 0 aliphatic rings. The topological polar surface area (TPSA) is 590 Å². The van der Waals surface area contributed by atoms with E-state index in [-0.39, 0.29) is 164 Å². The van der Waals surface area contributed by atoms with E-state index in [1.165, 1.54) is 0 Å². The van der Waals surface area contributed by atoms with Crippen molar-refractivity contribution < 1.29 is 33.6 Å². The molecule has 0 rings (SSSR count). The van der Waals surface area contributed by atoms with Crippen molar-refractivity contribution in [3.63, 3.8) is 0 Å². The molecule has 0 heterocycles. The number of ketones is 1. The summed E-state index contributed by atoms with van der Waals surface area (Å²) in [7, 11) is 1.57. The summed E-state index contributed by atoms with van der Waals surface area (Å²) >= 11 is 0. The minimum Gasteiger partial charge on any atom is -0.370 e. The third kappa shape index (κ3) is 33.4. The Labute approximate surface area is 437 Å². The molecule has 6 atom stereocenters. The van der Waals surface area contributed by atoms with E-state index in [1.54, 1.807) is 20.9 Å². The van der Waals surface area contributed by atoms with E-state index in [0.717, 1.165) is 0 Å². The molecule has 0 spiro atoms. The summed E-state index contributed by atoms with van der Waals surface area (Å²) in [4.78, 5) is 120. The average Bonchev–Trinajstić information content (AvgIpc) is 3.32. The first kappa shape index (κ1) is 67.1. The maximum Gasteiger partial charge on any atom is 0.243 e. The van der Waals surface area contributed by atoms with Crippen LogP contribution in [0.2, 0.25) is 0 Å². The Hall–Kier alpha value is -7.93. The van der Waals surface area contributed by atoms with Gasteiger partial charge in [-0.25, -0.2) is 0 Å². The number of rotatable bonds is 40. The summed E-state index contributed by atoms with van der Waals surface area (Å²) in [5, 5.41) is 19.1. The van der Waals surface area contributed by atoms with Crippen molar-refractivity contribution in [3.05, 3.63) is 0 Å². The maximum atomic E-state index is 14.4. The molecule has 32 heteroatoms. The number of Topliss-reactive ketones (excluding diaryl/α,β-unsaturated/α-hetero) is 1. The Bertz CT molecular complexity index is 1970. The van der Waals surface area contributed by atoms with Gasteiger partial charge in [-0.1, -0.05) is 13.8 Å². The molecule has 0 radical (unpaired) electrons. The van der Waals surface area contributed by atoms with E-state index in [9.17, 15) is 33.6 Å². The second kappa shape index (κ2) is 38.7. The van der Waals surface area contributed by atoms with Crippen molar-refractivity contribution in [2.45, 2.75) is 134 Å². The van der Waals surface area contributed by atoms with Crippen molar-refractivity contribution in [1.82, 2.24) is 37.2 Å². The molecule has 0 saturated heterocycles. The fraction of sp³-hybridized carbons (Fsp3) is 0.698. The molecule has 6 unspecified atom stereocenters. The highest BCUT2D eigenvalue weighted by Crippen LogP contribution is 2.10. The van der Waals surface area contributed by atoms with Crippen LogP contribution >= 0.6 is 0 Å². The first-order valence-electron chi connectivity index (χ1n) is 24.7. The lowest BCUT2D eigenvalue weighted by atomic mass is 10.0. The fourth-order valence-electron chi connectivity index (χ4n) is 6.85. The van der Waals surface area contributed by atoms with Crippen molar-refractivity contribution in [2.24, 2.45) is 105 Å². The molecule has 0 fully saturated rings. The first-order valence-corrected chi connectivity index (χ1v) is 24.7. The molecule has 32 nitrogen and oxygen atoms in total. The van der Waals surface area contributed by atoms with Gasteiger partial charge in [0.05, 0.1) is 6.04 Å². The molecule has 0 aliphatic heterocycles. The lowest BCUT2D eigenvalue weighted by Crippen LogP contribution is -2.59. The van der Waals surface area contributed by atoms with Gasteiger partial charge in [0, 0.05) is 58.2 Å². The summed E-state index contributed by atoms with van der Waals surface area (Å²) < 4.78 is 0. The van der Waals surface area contributed by atoms with Gasteiger partial charge in [0.2, 0.25) is 35.4 Å². The molecule has 0 aromatic carbocycles. The Morgan fingerprint density at radius 3 is 0.773 bits per heavy atom. The summed E-state index contributed by atoms with van der Waals surface area (Å²) in [6.45, 7) is 4.08. The predicted molar refractivity (Wildman–Crippen MR) is 289 cm³/mol. The van der Waals surface area contributed by atoms with Gasteiger partial charge in [-0.05, 0) is 84.1 Å². The van der Waals surface area contributed by atoms with Crippen molar-refractivity contribution in [3.8, 4) is 0 Å². The number of hydrogen-bond donors (Lipinski definition) is 19. The molecule has 75 heavy (non-hydrogen) atoms. The van der Waals surface area contributed by atoms with Crippen LogP contribution in [0.4, 0.5) is 0 Å². The highest BCUT2D eigenvalue weighted by atomic mass is 16.2. The van der Waals surface area contributed by atoms with Gasteiger partial charge in [0.15, 0.2) is 35.8 Å². The Kier molecular flexibility index (Phi) is 34.6. The highest BCUT2D eigenvalue weighted by Gasteiger charge is 2.33. The molecule has 0 bridgehead atoms. The molecule has 0 aliphatic carbocycles. The third-order valence-electron chi connectivity index (χ3n) is 10.8. The van der Waals surface area contributed by atoms with Crippen LogP contribution in [-0.2, 0) is 33.6 Å². The number of carbonyl (C=O) groups is 7. The number of nitrogens with zero attached hydrogens (tertiary/aromatic N) is 6. The molecule has 6 amide bonds. The van der Waals surface area contributed by atoms with Crippen molar-refractivity contribution in [2.75, 3.05) is 52.9 Å². The zero-order valence-corrected chi connectivity index (χ0v) is 43.7. The lowest BCUT2D eigenvalue weighted by Gasteiger charge is -2.27. The molecule has 0 aromatic heterocycles. The summed E-state index contributed by atoms with van der Waals surface area (Å²) in [6, 6.07) is -7.25. The number of nitrogens with one attached hydrogen (secondary N) is 7. The van der Waals surface area contributed by atoms with Crippen LogP contribution in [0.25, 0.3) is 0 Å². The monoisotopic (exact) mass is 1070 g/mol. The van der Waals surface area contributed by atoms with E-state index in [4.69, 9.17) is 68.8 Å². The first-order chi connectivity index (χ1) is 35.4. The number of hydrogen-bond acceptors (Lipinski definition) is 14. The van der Waals surface area contributed by atoms with E-state index < -0.39 is 71.7 Å². The normalized spacial score (nSPS) is 13.1. The number of likely N-dealkylation sites (N-methyl/N-ethyl adjacent to an activating group) is 1. The number of nitrogens with two attached hydrogens (primary N) is 12. The molecular formula is C43H87N25O7. The van der Waals surface area contributed by atoms with Gasteiger partial charge in [0.25, 0.3) is 0 Å². The summed E-state index contributed by atoms with van der Waals surface area (Å²) in [6.07, 6.45) is 1.57. The van der Waals surface area contributed by atoms with Gasteiger partial charge in [0.1, 0.15) is 36.0 Å². The largest absolute Gasteiger partial charge is 0.370 e.